The molecule has 0 unspecified atom stereocenters. The average Bonchev–Trinajstić information content (AvgIpc) is 2.98. The van der Waals surface area contributed by atoms with Crippen LogP contribution in [0, 0.1) is 0 Å². The van der Waals surface area contributed by atoms with Gasteiger partial charge in [0, 0.05) is 0 Å². The molecule has 0 aliphatic rings. The number of methoxy groups -OCH3 is 4. The van der Waals surface area contributed by atoms with E-state index in [1.165, 1.54) is 0 Å². The molecule has 0 atom stereocenters. The average molecular weight is 547 g/mol. The van der Waals surface area contributed by atoms with Gasteiger partial charge in [0.1, 0.15) is 0 Å². The first-order chi connectivity index (χ1) is 19.3. The van der Waals surface area contributed by atoms with Crippen LogP contribution in [0.3, 0.4) is 0 Å². The Balaban J connectivity index is 1.77. The van der Waals surface area contributed by atoms with Crippen molar-refractivity contribution in [2.45, 2.75) is 52.7 Å². The lowest BCUT2D eigenvalue weighted by Gasteiger charge is -2.20. The second-order valence-electron chi connectivity index (χ2n) is 9.57. The lowest BCUT2D eigenvalue weighted by molar-refractivity contribution is 0.177. The first kappa shape index (κ1) is 30.5. The van der Waals surface area contributed by atoms with Gasteiger partial charge in [-0.05, 0) is 73.2 Å². The summed E-state index contributed by atoms with van der Waals surface area (Å²) in [5.74, 6) is 3.83. The molecule has 0 aromatic heterocycles. The standard InChI is InChI=1S/C34H42O6/c1-9-28(10-2)40-34-31(37-7)21-27(22-32(34)38-8)18-16-25-13-11-24(12-14-25)15-17-26-19-29(35-5)33(39-23(3)4)30(20-26)36-6/h11-23,28H,9-10H2,1-8H3/b17-15+,18-16+. The van der Waals surface area contributed by atoms with E-state index in [0.717, 1.165) is 35.1 Å². The molecule has 3 aromatic carbocycles. The maximum Gasteiger partial charge on any atom is 0.203 e. The van der Waals surface area contributed by atoms with Gasteiger partial charge in [-0.15, -0.1) is 0 Å². The minimum Gasteiger partial charge on any atom is -0.493 e. The van der Waals surface area contributed by atoms with Crippen LogP contribution >= 0.6 is 0 Å². The molecule has 0 radical (unpaired) electrons. The maximum absolute atomic E-state index is 6.19. The van der Waals surface area contributed by atoms with Crippen LogP contribution in [0.15, 0.2) is 48.5 Å². The van der Waals surface area contributed by atoms with Crippen LogP contribution in [0.1, 0.15) is 62.8 Å². The van der Waals surface area contributed by atoms with Crippen molar-refractivity contribution in [2.75, 3.05) is 28.4 Å². The van der Waals surface area contributed by atoms with Crippen molar-refractivity contribution in [3.63, 3.8) is 0 Å². The fraction of sp³-hybridized carbons (Fsp3) is 0.353. The zero-order valence-electron chi connectivity index (χ0n) is 24.9. The van der Waals surface area contributed by atoms with Gasteiger partial charge >= 0.3 is 0 Å². The molecule has 0 aliphatic carbocycles. The molecule has 6 heteroatoms. The van der Waals surface area contributed by atoms with E-state index in [4.69, 9.17) is 28.4 Å². The molecule has 0 fully saturated rings. The van der Waals surface area contributed by atoms with Crippen LogP contribution in [0.4, 0.5) is 0 Å². The zero-order chi connectivity index (χ0) is 29.1. The first-order valence-electron chi connectivity index (χ1n) is 13.7. The fourth-order valence-corrected chi connectivity index (χ4v) is 4.19. The van der Waals surface area contributed by atoms with Crippen molar-refractivity contribution in [1.29, 1.82) is 0 Å². The molecule has 3 aromatic rings. The highest BCUT2D eigenvalue weighted by atomic mass is 16.5. The summed E-state index contributed by atoms with van der Waals surface area (Å²) in [5, 5.41) is 0. The van der Waals surface area contributed by atoms with Gasteiger partial charge in [0.05, 0.1) is 40.6 Å². The van der Waals surface area contributed by atoms with E-state index in [1.807, 2.05) is 50.3 Å². The number of hydrogen-bond acceptors (Lipinski definition) is 6. The topological polar surface area (TPSA) is 55.4 Å². The second kappa shape index (κ2) is 14.9. The van der Waals surface area contributed by atoms with E-state index in [-0.39, 0.29) is 12.2 Å². The number of benzene rings is 3. The Bertz CT molecular complexity index is 1240. The molecule has 0 aliphatic heterocycles. The Labute approximate surface area is 239 Å². The normalized spacial score (nSPS) is 11.4. The third-order valence-electron chi connectivity index (χ3n) is 6.39. The Morgan fingerprint density at radius 3 is 1.15 bits per heavy atom. The van der Waals surface area contributed by atoms with Gasteiger partial charge in [-0.1, -0.05) is 62.4 Å². The predicted molar refractivity (Wildman–Crippen MR) is 164 cm³/mol. The third kappa shape index (κ3) is 7.98. The van der Waals surface area contributed by atoms with Gasteiger partial charge in [0.2, 0.25) is 11.5 Å². The highest BCUT2D eigenvalue weighted by Gasteiger charge is 2.17. The van der Waals surface area contributed by atoms with Crippen LogP contribution in [0.5, 0.6) is 34.5 Å². The van der Waals surface area contributed by atoms with E-state index < -0.39 is 0 Å². The first-order valence-corrected chi connectivity index (χ1v) is 13.7. The number of hydrogen-bond donors (Lipinski definition) is 0. The van der Waals surface area contributed by atoms with Gasteiger partial charge < -0.3 is 28.4 Å². The minimum absolute atomic E-state index is 0.00791. The molecule has 0 N–H and O–H groups in total. The highest BCUT2D eigenvalue weighted by Crippen LogP contribution is 2.41. The number of ether oxygens (including phenoxy) is 6. The molecule has 0 saturated carbocycles. The minimum atomic E-state index is 0.00791. The van der Waals surface area contributed by atoms with Gasteiger partial charge in [0.25, 0.3) is 0 Å². The summed E-state index contributed by atoms with van der Waals surface area (Å²) in [5.41, 5.74) is 4.06. The summed E-state index contributed by atoms with van der Waals surface area (Å²) in [6.45, 7) is 8.17. The lowest BCUT2D eigenvalue weighted by Crippen LogP contribution is -2.15. The van der Waals surface area contributed by atoms with Gasteiger partial charge in [-0.3, -0.25) is 0 Å². The largest absolute Gasteiger partial charge is 0.493 e. The van der Waals surface area contributed by atoms with Crippen LogP contribution in [-0.2, 0) is 0 Å². The van der Waals surface area contributed by atoms with Crippen molar-refractivity contribution in [3.05, 3.63) is 70.8 Å². The van der Waals surface area contributed by atoms with Crippen molar-refractivity contribution in [2.24, 2.45) is 0 Å². The van der Waals surface area contributed by atoms with Gasteiger partial charge in [-0.2, -0.15) is 0 Å². The van der Waals surface area contributed by atoms with Gasteiger partial charge in [0.15, 0.2) is 23.0 Å². The summed E-state index contributed by atoms with van der Waals surface area (Å²) >= 11 is 0. The van der Waals surface area contributed by atoms with E-state index >= 15 is 0 Å². The van der Waals surface area contributed by atoms with Crippen LogP contribution in [0.2, 0.25) is 0 Å². The molecule has 40 heavy (non-hydrogen) atoms. The highest BCUT2D eigenvalue weighted by molar-refractivity contribution is 5.75. The van der Waals surface area contributed by atoms with Crippen molar-refractivity contribution in [3.8, 4) is 34.5 Å². The molecule has 0 spiro atoms. The Hall–Kier alpha value is -4.06. The smallest absolute Gasteiger partial charge is 0.203 e. The molecular formula is C34H42O6. The van der Waals surface area contributed by atoms with E-state index in [0.29, 0.717) is 34.5 Å². The third-order valence-corrected chi connectivity index (χ3v) is 6.39. The summed E-state index contributed by atoms with van der Waals surface area (Å²) in [6.07, 6.45) is 10.1. The molecule has 6 nitrogen and oxygen atoms in total. The van der Waals surface area contributed by atoms with E-state index in [9.17, 15) is 0 Å². The second-order valence-corrected chi connectivity index (χ2v) is 9.57. The Morgan fingerprint density at radius 2 is 0.850 bits per heavy atom. The molecule has 3 rings (SSSR count). The van der Waals surface area contributed by atoms with Crippen LogP contribution in [-0.4, -0.2) is 40.6 Å². The van der Waals surface area contributed by atoms with Crippen LogP contribution < -0.4 is 28.4 Å². The quantitative estimate of drug-likeness (QED) is 0.189. The molecule has 214 valence electrons. The molecule has 0 saturated heterocycles. The Morgan fingerprint density at radius 1 is 0.525 bits per heavy atom. The molecule has 0 amide bonds. The lowest BCUT2D eigenvalue weighted by atomic mass is 10.1. The van der Waals surface area contributed by atoms with Crippen molar-refractivity contribution in [1.82, 2.24) is 0 Å². The summed E-state index contributed by atoms with van der Waals surface area (Å²) < 4.78 is 34.5. The fourth-order valence-electron chi connectivity index (χ4n) is 4.19. The zero-order valence-corrected chi connectivity index (χ0v) is 24.9. The van der Waals surface area contributed by atoms with E-state index in [2.05, 4.69) is 50.3 Å². The van der Waals surface area contributed by atoms with Gasteiger partial charge in [-0.25, -0.2) is 0 Å². The molecule has 0 bridgehead atoms. The predicted octanol–water partition coefficient (Wildman–Crippen LogP) is 8.42. The van der Waals surface area contributed by atoms with E-state index in [1.54, 1.807) is 28.4 Å². The summed E-state index contributed by atoms with van der Waals surface area (Å²) in [4.78, 5) is 0. The molecule has 0 heterocycles. The number of rotatable bonds is 14. The summed E-state index contributed by atoms with van der Waals surface area (Å²) in [7, 11) is 6.55. The van der Waals surface area contributed by atoms with Crippen LogP contribution in [0.25, 0.3) is 24.3 Å². The monoisotopic (exact) mass is 546 g/mol. The molecular weight excluding hydrogens is 504 g/mol. The summed E-state index contributed by atoms with van der Waals surface area (Å²) in [6, 6.07) is 16.1. The maximum atomic E-state index is 6.19. The van der Waals surface area contributed by atoms with Crippen molar-refractivity contribution < 1.29 is 28.4 Å². The SMILES string of the molecule is CCC(CC)Oc1c(OC)cc(/C=C/c2ccc(/C=C/c3cc(OC)c(OC(C)C)c(OC)c3)cc2)cc1OC. The van der Waals surface area contributed by atoms with Crippen molar-refractivity contribution >= 4 is 24.3 Å². The Kier molecular flexibility index (Phi) is 11.4.